The Hall–Kier alpha value is -2.80. The van der Waals surface area contributed by atoms with Crippen LogP contribution in [0.5, 0.6) is 11.5 Å². The maximum absolute atomic E-state index is 11.8. The molecule has 0 fully saturated rings. The van der Waals surface area contributed by atoms with Gasteiger partial charge in [0.1, 0.15) is 6.61 Å². The van der Waals surface area contributed by atoms with Gasteiger partial charge in [0.15, 0.2) is 16.6 Å². The Morgan fingerprint density at radius 1 is 1.15 bits per heavy atom. The number of anilines is 1. The molecule has 144 valence electrons. The van der Waals surface area contributed by atoms with E-state index in [4.69, 9.17) is 26.4 Å². The van der Waals surface area contributed by atoms with Crippen LogP contribution >= 0.6 is 12.2 Å². The second kappa shape index (κ2) is 10.4. The van der Waals surface area contributed by atoms with Crippen molar-refractivity contribution in [2.24, 2.45) is 0 Å². The first-order chi connectivity index (χ1) is 13.0. The fourth-order valence-electron chi connectivity index (χ4n) is 2.32. The van der Waals surface area contributed by atoms with E-state index in [9.17, 15) is 4.79 Å². The molecule has 0 heterocycles. The average molecular weight is 388 g/mol. The number of para-hydroxylation sites is 2. The molecule has 0 bridgehead atoms. The normalized spacial score (nSPS) is 11.2. The SMILES string of the molecule is CCOC(=O)c1cccc(NC(=S)N[C@@H](C)COc2ccccc2OC)c1. The number of rotatable bonds is 8. The van der Waals surface area contributed by atoms with Crippen molar-refractivity contribution in [1.82, 2.24) is 5.32 Å². The third-order valence-corrected chi connectivity index (χ3v) is 3.79. The molecule has 27 heavy (non-hydrogen) atoms. The number of carbonyl (C=O) groups excluding carboxylic acids is 1. The molecule has 7 heteroatoms. The molecule has 0 aromatic heterocycles. The maximum Gasteiger partial charge on any atom is 0.338 e. The van der Waals surface area contributed by atoms with Gasteiger partial charge in [0.05, 0.1) is 25.3 Å². The lowest BCUT2D eigenvalue weighted by atomic mass is 10.2. The van der Waals surface area contributed by atoms with Crippen LogP contribution in [0.25, 0.3) is 0 Å². The minimum absolute atomic E-state index is 0.0387. The van der Waals surface area contributed by atoms with Gasteiger partial charge >= 0.3 is 5.97 Å². The molecule has 2 aromatic carbocycles. The van der Waals surface area contributed by atoms with Crippen molar-refractivity contribution in [3.05, 3.63) is 54.1 Å². The van der Waals surface area contributed by atoms with E-state index in [0.29, 0.717) is 41.1 Å². The molecular weight excluding hydrogens is 364 g/mol. The van der Waals surface area contributed by atoms with Crippen molar-refractivity contribution in [3.63, 3.8) is 0 Å². The zero-order valence-electron chi connectivity index (χ0n) is 15.7. The second-order valence-electron chi connectivity index (χ2n) is 5.76. The lowest BCUT2D eigenvalue weighted by molar-refractivity contribution is 0.0526. The van der Waals surface area contributed by atoms with Crippen LogP contribution in [-0.4, -0.2) is 37.4 Å². The van der Waals surface area contributed by atoms with Crippen LogP contribution < -0.4 is 20.1 Å². The van der Waals surface area contributed by atoms with E-state index in [1.807, 2.05) is 37.3 Å². The van der Waals surface area contributed by atoms with Crippen molar-refractivity contribution < 1.29 is 19.0 Å². The molecule has 1 atom stereocenters. The van der Waals surface area contributed by atoms with E-state index in [1.165, 1.54) is 0 Å². The van der Waals surface area contributed by atoms with Gasteiger partial charge in [0, 0.05) is 5.69 Å². The summed E-state index contributed by atoms with van der Waals surface area (Å²) in [5, 5.41) is 6.65. The average Bonchev–Trinajstić information content (AvgIpc) is 2.66. The van der Waals surface area contributed by atoms with Gasteiger partial charge in [-0.3, -0.25) is 0 Å². The van der Waals surface area contributed by atoms with E-state index >= 15 is 0 Å². The zero-order chi connectivity index (χ0) is 19.6. The molecule has 0 amide bonds. The zero-order valence-corrected chi connectivity index (χ0v) is 16.5. The summed E-state index contributed by atoms with van der Waals surface area (Å²) in [4.78, 5) is 11.8. The number of methoxy groups -OCH3 is 1. The van der Waals surface area contributed by atoms with Crippen LogP contribution in [0.2, 0.25) is 0 Å². The highest BCUT2D eigenvalue weighted by Crippen LogP contribution is 2.25. The highest BCUT2D eigenvalue weighted by atomic mass is 32.1. The molecule has 2 aromatic rings. The Labute approximate surface area is 164 Å². The Kier molecular flexibility index (Phi) is 7.88. The van der Waals surface area contributed by atoms with E-state index < -0.39 is 0 Å². The fraction of sp³-hybridized carbons (Fsp3) is 0.300. The van der Waals surface area contributed by atoms with Gasteiger partial charge in [-0.2, -0.15) is 0 Å². The standard InChI is InChI=1S/C20H24N2O4S/c1-4-25-19(23)15-8-7-9-16(12-15)22-20(27)21-14(2)13-26-18-11-6-5-10-17(18)24-3/h5-12,14H,4,13H2,1-3H3,(H2,21,22,27)/t14-/m0/s1. The van der Waals surface area contributed by atoms with Gasteiger partial charge in [-0.25, -0.2) is 4.79 Å². The molecule has 0 saturated heterocycles. The number of benzene rings is 2. The summed E-state index contributed by atoms with van der Waals surface area (Å²) in [6.45, 7) is 4.47. The molecule has 0 aliphatic carbocycles. The third kappa shape index (κ3) is 6.45. The topological polar surface area (TPSA) is 68.8 Å². The van der Waals surface area contributed by atoms with Crippen LogP contribution in [0.15, 0.2) is 48.5 Å². The number of hydrogen-bond acceptors (Lipinski definition) is 5. The molecule has 0 radical (unpaired) electrons. The second-order valence-corrected chi connectivity index (χ2v) is 6.17. The molecule has 0 aliphatic heterocycles. The molecule has 0 spiro atoms. The quantitative estimate of drug-likeness (QED) is 0.529. The van der Waals surface area contributed by atoms with Crippen LogP contribution in [0.3, 0.4) is 0 Å². The summed E-state index contributed by atoms with van der Waals surface area (Å²) >= 11 is 5.33. The predicted octanol–water partition coefficient (Wildman–Crippen LogP) is 3.63. The lowest BCUT2D eigenvalue weighted by Gasteiger charge is -2.18. The number of esters is 1. The van der Waals surface area contributed by atoms with Crippen LogP contribution in [-0.2, 0) is 4.74 Å². The van der Waals surface area contributed by atoms with Gasteiger partial charge in [-0.1, -0.05) is 18.2 Å². The first-order valence-corrected chi connectivity index (χ1v) is 9.04. The summed E-state index contributed by atoms with van der Waals surface area (Å²) in [6.07, 6.45) is 0. The predicted molar refractivity (Wildman–Crippen MR) is 110 cm³/mol. The molecule has 2 N–H and O–H groups in total. The summed E-state index contributed by atoms with van der Waals surface area (Å²) in [5.74, 6) is 0.995. The van der Waals surface area contributed by atoms with Crippen LogP contribution in [0.4, 0.5) is 5.69 Å². The van der Waals surface area contributed by atoms with Crippen molar-refractivity contribution in [2.45, 2.75) is 19.9 Å². The summed E-state index contributed by atoms with van der Waals surface area (Å²) in [7, 11) is 1.60. The minimum atomic E-state index is -0.362. The lowest BCUT2D eigenvalue weighted by Crippen LogP contribution is -2.39. The Morgan fingerprint density at radius 2 is 1.89 bits per heavy atom. The number of hydrogen-bond donors (Lipinski definition) is 2. The van der Waals surface area contributed by atoms with Gasteiger partial charge in [0.25, 0.3) is 0 Å². The van der Waals surface area contributed by atoms with Crippen molar-refractivity contribution in [1.29, 1.82) is 0 Å². The Morgan fingerprint density at radius 3 is 2.59 bits per heavy atom. The van der Waals surface area contributed by atoms with Crippen LogP contribution in [0, 0.1) is 0 Å². The van der Waals surface area contributed by atoms with Crippen molar-refractivity contribution >= 4 is 29.0 Å². The highest BCUT2D eigenvalue weighted by Gasteiger charge is 2.10. The number of thiocarbonyl (C=S) groups is 1. The Bertz CT molecular complexity index is 782. The molecule has 0 aliphatic rings. The van der Waals surface area contributed by atoms with E-state index in [-0.39, 0.29) is 12.0 Å². The highest BCUT2D eigenvalue weighted by molar-refractivity contribution is 7.80. The molecular formula is C20H24N2O4S. The van der Waals surface area contributed by atoms with Crippen molar-refractivity contribution in [2.75, 3.05) is 25.6 Å². The Balaban J connectivity index is 1.86. The van der Waals surface area contributed by atoms with Gasteiger partial charge < -0.3 is 24.8 Å². The summed E-state index contributed by atoms with van der Waals surface area (Å²) in [5.41, 5.74) is 1.17. The number of ether oxygens (including phenoxy) is 3. The largest absolute Gasteiger partial charge is 0.493 e. The molecule has 0 unspecified atom stereocenters. The first kappa shape index (κ1) is 20.5. The van der Waals surface area contributed by atoms with E-state index in [0.717, 1.165) is 0 Å². The molecule has 0 saturated carbocycles. The third-order valence-electron chi connectivity index (χ3n) is 3.57. The van der Waals surface area contributed by atoms with Gasteiger partial charge in [-0.05, 0) is 56.4 Å². The molecule has 6 nitrogen and oxygen atoms in total. The minimum Gasteiger partial charge on any atom is -0.493 e. The summed E-state index contributed by atoms with van der Waals surface area (Å²) in [6, 6.07) is 14.4. The first-order valence-electron chi connectivity index (χ1n) is 8.64. The van der Waals surface area contributed by atoms with Gasteiger partial charge in [-0.15, -0.1) is 0 Å². The smallest absolute Gasteiger partial charge is 0.338 e. The monoisotopic (exact) mass is 388 g/mol. The van der Waals surface area contributed by atoms with Crippen molar-refractivity contribution in [3.8, 4) is 11.5 Å². The van der Waals surface area contributed by atoms with E-state index in [2.05, 4.69) is 10.6 Å². The number of nitrogens with one attached hydrogen (secondary N) is 2. The van der Waals surface area contributed by atoms with E-state index in [1.54, 1.807) is 32.2 Å². The number of carbonyl (C=O) groups is 1. The molecule has 2 rings (SSSR count). The van der Waals surface area contributed by atoms with Gasteiger partial charge in [0.2, 0.25) is 0 Å². The summed E-state index contributed by atoms with van der Waals surface area (Å²) < 4.78 is 16.0. The fourth-order valence-corrected chi connectivity index (χ4v) is 2.64. The maximum atomic E-state index is 11.8. The van der Waals surface area contributed by atoms with Crippen LogP contribution in [0.1, 0.15) is 24.2 Å².